The molecule has 2 aliphatic heterocycles. The van der Waals surface area contributed by atoms with Crippen LogP contribution >= 0.6 is 40.0 Å². The third-order valence-corrected chi connectivity index (χ3v) is 12.4. The van der Waals surface area contributed by atoms with Gasteiger partial charge in [0.2, 0.25) is 11.6 Å². The molecule has 0 bridgehead atoms. The van der Waals surface area contributed by atoms with Crippen molar-refractivity contribution < 1.29 is 147 Å². The maximum absolute atomic E-state index is 12.4. The molecule has 0 spiro atoms. The number of nitrogens with one attached hydrogen (secondary N) is 1. The van der Waals surface area contributed by atoms with E-state index in [1.54, 1.807) is 0 Å². The Morgan fingerprint density at radius 3 is 2.28 bits per heavy atom. The van der Waals surface area contributed by atoms with Crippen LogP contribution in [0.2, 0.25) is 0 Å². The summed E-state index contributed by atoms with van der Waals surface area (Å²) in [6, 6.07) is 14.6. The van der Waals surface area contributed by atoms with Crippen LogP contribution in [0.25, 0.3) is 10.8 Å². The number of allylic oxidation sites excluding steroid dienone is 8. The minimum atomic E-state index is -1.67. The zero-order valence-electron chi connectivity index (χ0n) is 37.2. The number of amides is 1. The average Bonchev–Trinajstić information content (AvgIpc) is 3.56. The molecule has 1 atom stereocenters. The van der Waals surface area contributed by atoms with Crippen molar-refractivity contribution in [2.75, 3.05) is 23.7 Å². The molecule has 64 heavy (non-hydrogen) atoms. The smallest absolute Gasteiger partial charge is 0.691 e. The van der Waals surface area contributed by atoms with E-state index in [-0.39, 0.29) is 106 Å². The molecule has 1 unspecified atom stereocenters. The van der Waals surface area contributed by atoms with Gasteiger partial charge in [-0.2, -0.15) is 13.2 Å². The SMILES string of the molecule is CC1(C)C(/C=C/C=C/C=C/C=C2/N(CCCCC(=O)NC(CC(=O)[O-])C(=O)[O-])c3cc(Br)ccc3C2(C)C)=[N+](CCCCSOO[O-])c2ccc3cc(SOO[O-])ccc3c21.[Na+].[Na+].[Na+]. The summed E-state index contributed by atoms with van der Waals surface area (Å²) in [5.74, 6) is -3.22. The maximum atomic E-state index is 12.4. The van der Waals surface area contributed by atoms with Crippen LogP contribution in [0.3, 0.4) is 0 Å². The molecular weight excluding hydrogens is 960 g/mol. The molecule has 5 rings (SSSR count). The van der Waals surface area contributed by atoms with Crippen molar-refractivity contribution in [3.05, 3.63) is 112 Å². The van der Waals surface area contributed by atoms with Crippen LogP contribution in [0.5, 0.6) is 0 Å². The minimum absolute atomic E-state index is 0. The summed E-state index contributed by atoms with van der Waals surface area (Å²) >= 11 is 5.45. The van der Waals surface area contributed by atoms with Gasteiger partial charge in [0.25, 0.3) is 0 Å². The second-order valence-corrected chi connectivity index (χ2v) is 18.0. The Hall–Kier alpha value is -1.30. The monoisotopic (exact) mass is 1010 g/mol. The predicted molar refractivity (Wildman–Crippen MR) is 229 cm³/mol. The number of carboxylic acid groups (broad SMARTS) is 2. The van der Waals surface area contributed by atoms with Gasteiger partial charge >= 0.3 is 88.7 Å². The molecule has 2 aliphatic rings. The molecule has 326 valence electrons. The number of aliphatic carboxylic acids is 2. The molecule has 3 aromatic carbocycles. The van der Waals surface area contributed by atoms with Gasteiger partial charge in [-0.15, -0.1) is 0 Å². The van der Waals surface area contributed by atoms with E-state index in [4.69, 9.17) is 0 Å². The van der Waals surface area contributed by atoms with Crippen molar-refractivity contribution >= 4 is 85.7 Å². The molecule has 0 fully saturated rings. The number of nitrogens with zero attached hydrogens (tertiary/aromatic N) is 2. The second kappa shape index (κ2) is 28.3. The third-order valence-electron chi connectivity index (χ3n) is 10.7. The number of carboxylic acids is 2. The Labute approximate surface area is 457 Å². The molecule has 0 aliphatic carbocycles. The van der Waals surface area contributed by atoms with Crippen LogP contribution in [-0.4, -0.2) is 53.0 Å². The van der Waals surface area contributed by atoms with E-state index >= 15 is 0 Å². The third kappa shape index (κ3) is 15.4. The first-order valence-electron chi connectivity index (χ1n) is 19.6. The van der Waals surface area contributed by atoms with E-state index in [9.17, 15) is 35.1 Å². The molecule has 3 aromatic rings. The van der Waals surface area contributed by atoms with Gasteiger partial charge in [0.15, 0.2) is 5.71 Å². The largest absolute Gasteiger partial charge is 1.00 e. The summed E-state index contributed by atoms with van der Waals surface area (Å²) in [4.78, 5) is 37.5. The van der Waals surface area contributed by atoms with Crippen LogP contribution in [0, 0.1) is 0 Å². The number of anilines is 1. The number of fused-ring (bicyclic) bond motifs is 4. The Balaban J connectivity index is 0.00000469. The first kappa shape index (κ1) is 58.8. The Kier molecular flexibility index (Phi) is 26.0. The number of rotatable bonds is 23. The Morgan fingerprint density at radius 2 is 1.58 bits per heavy atom. The quantitative estimate of drug-likeness (QED) is 0.0183. The fourth-order valence-electron chi connectivity index (χ4n) is 7.97. The fraction of sp³-hybridized carbons (Fsp3) is 0.364. The zero-order valence-corrected chi connectivity index (χ0v) is 46.4. The van der Waals surface area contributed by atoms with Crippen molar-refractivity contribution in [2.24, 2.45) is 0 Å². The van der Waals surface area contributed by atoms with Gasteiger partial charge in [-0.1, -0.05) is 72.3 Å². The standard InChI is InChI=1S/C44H50BrN3O11S2.3Na/c1-43(2)33-21-18-30(45)27-36(33)48(23-11-10-16-39(49)46-34(42(52)53)28-40(50)51)37(43)14-8-6-5-7-9-15-38-44(3,4)41-32-20-19-31(61-59-57-55)26-29(32)17-22-35(41)47(38)24-12-13-25-60-58-56-54;;;/h5-9,14-15,17-22,26-27,34H,10-13,16,23-25,28H2,1-4H3,(H4-,46,49,50,51,52,53,54,55);;;/q;3*+1/p-3. The van der Waals surface area contributed by atoms with E-state index < -0.39 is 30.3 Å². The molecule has 0 saturated heterocycles. The van der Waals surface area contributed by atoms with E-state index in [0.717, 1.165) is 92.0 Å². The van der Waals surface area contributed by atoms with Crippen molar-refractivity contribution in [2.45, 2.75) is 88.0 Å². The summed E-state index contributed by atoms with van der Waals surface area (Å²) in [7, 11) is 0. The van der Waals surface area contributed by atoms with E-state index in [2.05, 4.69) is 114 Å². The van der Waals surface area contributed by atoms with Crippen molar-refractivity contribution in [3.8, 4) is 0 Å². The molecule has 2 heterocycles. The summed E-state index contributed by atoms with van der Waals surface area (Å²) in [5, 5.41) is 54.1. The van der Waals surface area contributed by atoms with Crippen LogP contribution < -0.4 is 120 Å². The molecular formula is C44H47BrN3Na3O11S2. The molecule has 20 heteroatoms. The Morgan fingerprint density at radius 1 is 0.859 bits per heavy atom. The first-order chi connectivity index (χ1) is 29.2. The zero-order chi connectivity index (χ0) is 44.2. The number of hydrogen-bond acceptors (Lipinski definition) is 14. The minimum Gasteiger partial charge on any atom is -0.691 e. The van der Waals surface area contributed by atoms with E-state index in [1.807, 2.05) is 54.6 Å². The number of carbonyl (C=O) groups excluding carboxylic acids is 3. The van der Waals surface area contributed by atoms with Gasteiger partial charge in [0, 0.05) is 93.4 Å². The normalized spacial score (nSPS) is 15.9. The topological polar surface area (TPSA) is 199 Å². The average molecular weight is 1010 g/mol. The number of hydrogen-bond donors (Lipinski definition) is 1. The van der Waals surface area contributed by atoms with Crippen molar-refractivity contribution in [3.63, 3.8) is 0 Å². The molecule has 0 saturated carbocycles. The predicted octanol–water partition coefficient (Wildman–Crippen LogP) is -4.23. The summed E-state index contributed by atoms with van der Waals surface area (Å²) in [6.07, 6.45) is 16.1. The molecule has 0 aromatic heterocycles. The molecule has 1 N–H and O–H groups in total. The van der Waals surface area contributed by atoms with E-state index in [1.165, 1.54) is 5.56 Å². The summed E-state index contributed by atoms with van der Waals surface area (Å²) < 4.78 is 12.3. The van der Waals surface area contributed by atoms with Gasteiger partial charge in [0.1, 0.15) is 6.54 Å². The molecule has 0 radical (unpaired) electrons. The van der Waals surface area contributed by atoms with Gasteiger partial charge in [0.05, 0.1) is 29.5 Å². The van der Waals surface area contributed by atoms with Gasteiger partial charge < -0.3 is 40.5 Å². The van der Waals surface area contributed by atoms with Crippen LogP contribution in [0.1, 0.15) is 77.3 Å². The van der Waals surface area contributed by atoms with Crippen LogP contribution in [-0.2, 0) is 44.0 Å². The van der Waals surface area contributed by atoms with Crippen molar-refractivity contribution in [1.82, 2.24) is 5.32 Å². The van der Waals surface area contributed by atoms with Gasteiger partial charge in [-0.25, -0.2) is 0 Å². The van der Waals surface area contributed by atoms with E-state index in [0.29, 0.717) is 25.1 Å². The van der Waals surface area contributed by atoms with Gasteiger partial charge in [-0.05, 0) is 85.9 Å². The summed E-state index contributed by atoms with van der Waals surface area (Å²) in [5.41, 5.74) is 6.02. The van der Waals surface area contributed by atoms with Gasteiger partial charge in [-0.3, -0.25) is 14.9 Å². The number of halogens is 1. The molecule has 14 nitrogen and oxygen atoms in total. The maximum Gasteiger partial charge on any atom is 1.00 e. The van der Waals surface area contributed by atoms with Crippen LogP contribution in [0.15, 0.2) is 106 Å². The Bertz CT molecular complexity index is 2260. The van der Waals surface area contributed by atoms with Crippen molar-refractivity contribution in [1.29, 1.82) is 0 Å². The second-order valence-electron chi connectivity index (χ2n) is 15.5. The molecule has 1 amide bonds. The van der Waals surface area contributed by atoms with Crippen LogP contribution in [0.4, 0.5) is 11.4 Å². The first-order valence-corrected chi connectivity index (χ1v) is 22.1. The fourth-order valence-corrected chi connectivity index (χ4v) is 9.15. The number of carbonyl (C=O) groups is 3. The number of benzene rings is 3. The number of unbranched alkanes of at least 4 members (excludes halogenated alkanes) is 2. The summed E-state index contributed by atoms with van der Waals surface area (Å²) in [6.45, 7) is 10.1.